The predicted octanol–water partition coefficient (Wildman–Crippen LogP) is 5.32. The number of hydrogen-bond acceptors (Lipinski definition) is 6. The second kappa shape index (κ2) is 10.9. The van der Waals surface area contributed by atoms with E-state index in [-0.39, 0.29) is 11.6 Å². The number of pyridine rings is 1. The minimum atomic E-state index is -0.0932. The molecule has 8 nitrogen and oxygen atoms in total. The minimum absolute atomic E-state index is 0.0685. The van der Waals surface area contributed by atoms with E-state index in [2.05, 4.69) is 57.5 Å². The lowest BCUT2D eigenvalue weighted by atomic mass is 10.0. The van der Waals surface area contributed by atoms with Crippen molar-refractivity contribution >= 4 is 10.9 Å². The Hall–Kier alpha value is -4.04. The van der Waals surface area contributed by atoms with Crippen LogP contribution >= 0.6 is 0 Å². The Morgan fingerprint density at radius 2 is 1.89 bits per heavy atom. The molecular weight excluding hydrogens is 464 g/mol. The number of benzene rings is 2. The van der Waals surface area contributed by atoms with Gasteiger partial charge in [0.25, 0.3) is 5.56 Å². The van der Waals surface area contributed by atoms with Gasteiger partial charge in [-0.2, -0.15) is 0 Å². The highest BCUT2D eigenvalue weighted by Gasteiger charge is 2.27. The van der Waals surface area contributed by atoms with Crippen molar-refractivity contribution in [2.45, 2.75) is 59.3 Å². The van der Waals surface area contributed by atoms with Gasteiger partial charge in [-0.05, 0) is 71.7 Å². The van der Waals surface area contributed by atoms with E-state index in [4.69, 9.17) is 4.42 Å². The van der Waals surface area contributed by atoms with Crippen LogP contribution in [0.3, 0.4) is 0 Å². The molecule has 0 aliphatic rings. The highest BCUT2D eigenvalue weighted by molar-refractivity contribution is 5.83. The van der Waals surface area contributed by atoms with E-state index in [1.165, 1.54) is 0 Å². The first-order valence-corrected chi connectivity index (χ1v) is 12.7. The fraction of sp³-hybridized carbons (Fsp3) is 0.310. The molecule has 0 aliphatic heterocycles. The lowest BCUT2D eigenvalue weighted by molar-refractivity contribution is 0.155. The fourth-order valence-corrected chi connectivity index (χ4v) is 5.01. The third kappa shape index (κ3) is 5.54. The largest absolute Gasteiger partial charge is 0.467 e. The molecule has 190 valence electrons. The van der Waals surface area contributed by atoms with Crippen molar-refractivity contribution in [3.05, 3.63) is 111 Å². The summed E-state index contributed by atoms with van der Waals surface area (Å²) < 4.78 is 7.35. The maximum Gasteiger partial charge on any atom is 0.252 e. The number of furan rings is 1. The SMILES string of the molecule is CCC[C@@H](c1nnnn1Cc1ccco1)N(Cc1ccccc1)Cc1cc2c(C)cc(C)cc2[nH]c1=O. The topological polar surface area (TPSA) is 92.8 Å². The molecule has 5 aromatic rings. The molecule has 0 amide bonds. The van der Waals surface area contributed by atoms with Gasteiger partial charge in [0.15, 0.2) is 5.82 Å². The van der Waals surface area contributed by atoms with Crippen molar-refractivity contribution in [1.82, 2.24) is 30.1 Å². The van der Waals surface area contributed by atoms with Crippen LogP contribution in [0.15, 0.2) is 76.1 Å². The summed E-state index contributed by atoms with van der Waals surface area (Å²) in [6.07, 6.45) is 3.44. The van der Waals surface area contributed by atoms with Crippen LogP contribution in [-0.4, -0.2) is 30.1 Å². The number of nitrogens with one attached hydrogen (secondary N) is 1. The molecule has 0 saturated heterocycles. The Bertz CT molecular complexity index is 1520. The van der Waals surface area contributed by atoms with Gasteiger partial charge in [0.05, 0.1) is 12.3 Å². The first-order chi connectivity index (χ1) is 18.0. The zero-order chi connectivity index (χ0) is 25.8. The van der Waals surface area contributed by atoms with Crippen molar-refractivity contribution in [3.63, 3.8) is 0 Å². The summed E-state index contributed by atoms with van der Waals surface area (Å²) in [5.41, 5.74) is 4.97. The first kappa shape index (κ1) is 24.6. The molecule has 0 unspecified atom stereocenters. The Morgan fingerprint density at radius 3 is 2.65 bits per heavy atom. The molecule has 1 N–H and O–H groups in total. The van der Waals surface area contributed by atoms with E-state index in [1.54, 1.807) is 10.9 Å². The number of aromatic nitrogens is 5. The molecule has 3 aromatic heterocycles. The first-order valence-electron chi connectivity index (χ1n) is 12.7. The van der Waals surface area contributed by atoms with Gasteiger partial charge in [-0.3, -0.25) is 9.69 Å². The van der Waals surface area contributed by atoms with E-state index in [1.807, 2.05) is 49.4 Å². The van der Waals surface area contributed by atoms with Crippen LogP contribution in [0.5, 0.6) is 0 Å². The molecule has 2 aromatic carbocycles. The van der Waals surface area contributed by atoms with Crippen molar-refractivity contribution in [2.24, 2.45) is 0 Å². The Labute approximate surface area is 215 Å². The maximum absolute atomic E-state index is 13.2. The van der Waals surface area contributed by atoms with Crippen LogP contribution in [0.1, 0.15) is 59.6 Å². The molecule has 0 bridgehead atoms. The highest BCUT2D eigenvalue weighted by atomic mass is 16.3. The number of nitrogens with zero attached hydrogens (tertiary/aromatic N) is 5. The average Bonchev–Trinajstić information content (AvgIpc) is 3.56. The number of H-pyrrole nitrogens is 1. The molecule has 8 heteroatoms. The van der Waals surface area contributed by atoms with Crippen molar-refractivity contribution in [2.75, 3.05) is 0 Å². The van der Waals surface area contributed by atoms with Gasteiger partial charge in [-0.1, -0.05) is 49.7 Å². The lowest BCUT2D eigenvalue weighted by Gasteiger charge is -2.31. The Morgan fingerprint density at radius 1 is 1.05 bits per heavy atom. The highest BCUT2D eigenvalue weighted by Crippen LogP contribution is 2.28. The van der Waals surface area contributed by atoms with Gasteiger partial charge in [0.2, 0.25) is 0 Å². The molecule has 0 aliphatic carbocycles. The van der Waals surface area contributed by atoms with Crippen LogP contribution in [0.25, 0.3) is 10.9 Å². The van der Waals surface area contributed by atoms with Crippen LogP contribution < -0.4 is 5.56 Å². The quantitative estimate of drug-likeness (QED) is 0.281. The molecule has 0 saturated carbocycles. The molecule has 3 heterocycles. The van der Waals surface area contributed by atoms with E-state index in [9.17, 15) is 4.79 Å². The summed E-state index contributed by atoms with van der Waals surface area (Å²) >= 11 is 0. The molecule has 37 heavy (non-hydrogen) atoms. The summed E-state index contributed by atoms with van der Waals surface area (Å²) in [5, 5.41) is 13.8. The lowest BCUT2D eigenvalue weighted by Crippen LogP contribution is -2.32. The Kier molecular flexibility index (Phi) is 7.28. The van der Waals surface area contributed by atoms with Crippen molar-refractivity contribution in [1.29, 1.82) is 0 Å². The minimum Gasteiger partial charge on any atom is -0.467 e. The molecule has 5 rings (SSSR count). The number of hydrogen-bond donors (Lipinski definition) is 1. The van der Waals surface area contributed by atoms with Crippen molar-refractivity contribution in [3.8, 4) is 0 Å². The number of aromatic amines is 1. The van der Waals surface area contributed by atoms with Gasteiger partial charge in [-0.25, -0.2) is 4.68 Å². The maximum atomic E-state index is 13.2. The monoisotopic (exact) mass is 496 g/mol. The van der Waals surface area contributed by atoms with Gasteiger partial charge >= 0.3 is 0 Å². The third-order valence-corrected chi connectivity index (χ3v) is 6.74. The van der Waals surface area contributed by atoms with E-state index in [0.29, 0.717) is 19.6 Å². The number of aryl methyl sites for hydroxylation is 2. The van der Waals surface area contributed by atoms with Crippen LogP contribution in [0, 0.1) is 13.8 Å². The summed E-state index contributed by atoms with van der Waals surface area (Å²) in [4.78, 5) is 18.7. The van der Waals surface area contributed by atoms with Crippen LogP contribution in [-0.2, 0) is 19.6 Å². The van der Waals surface area contributed by atoms with Gasteiger partial charge in [-0.15, -0.1) is 5.10 Å². The summed E-state index contributed by atoms with van der Waals surface area (Å²) in [6.45, 7) is 7.85. The van der Waals surface area contributed by atoms with Gasteiger partial charge < -0.3 is 9.40 Å². The molecule has 1 atom stereocenters. The summed E-state index contributed by atoms with van der Waals surface area (Å²) in [5.74, 6) is 1.55. The third-order valence-electron chi connectivity index (χ3n) is 6.74. The summed E-state index contributed by atoms with van der Waals surface area (Å²) in [7, 11) is 0. The fourth-order valence-electron chi connectivity index (χ4n) is 5.01. The normalized spacial score (nSPS) is 12.4. The van der Waals surface area contributed by atoms with E-state index < -0.39 is 0 Å². The van der Waals surface area contributed by atoms with Crippen LogP contribution in [0.4, 0.5) is 0 Å². The zero-order valence-corrected chi connectivity index (χ0v) is 21.5. The van der Waals surface area contributed by atoms with E-state index >= 15 is 0 Å². The summed E-state index contributed by atoms with van der Waals surface area (Å²) in [6, 6.07) is 20.2. The number of tetrazole rings is 1. The Balaban J connectivity index is 1.55. The second-order valence-corrected chi connectivity index (χ2v) is 9.64. The zero-order valence-electron chi connectivity index (χ0n) is 21.5. The predicted molar refractivity (Wildman–Crippen MR) is 143 cm³/mol. The van der Waals surface area contributed by atoms with Gasteiger partial charge in [0.1, 0.15) is 12.3 Å². The average molecular weight is 497 g/mol. The molecular formula is C29H32N6O2. The second-order valence-electron chi connectivity index (χ2n) is 9.64. The van der Waals surface area contributed by atoms with Crippen LogP contribution in [0.2, 0.25) is 0 Å². The molecule has 0 radical (unpaired) electrons. The van der Waals surface area contributed by atoms with Gasteiger partial charge in [0, 0.05) is 29.6 Å². The van der Waals surface area contributed by atoms with E-state index in [0.717, 1.165) is 57.6 Å². The molecule has 0 fully saturated rings. The molecule has 0 spiro atoms. The van der Waals surface area contributed by atoms with Crippen molar-refractivity contribution < 1.29 is 4.42 Å². The standard InChI is InChI=1S/C29H32N6O2/c1-4-9-27(28-31-32-33-35(28)19-24-12-8-13-37-24)34(17-22-10-6-5-7-11-22)18-23-16-25-21(3)14-20(2)15-26(25)30-29(23)36/h5-8,10-16,27H,4,9,17-19H2,1-3H3,(H,30,36)/t27-/m0/s1. The number of rotatable bonds is 10. The number of fused-ring (bicyclic) bond motifs is 1. The smallest absolute Gasteiger partial charge is 0.252 e.